The van der Waals surface area contributed by atoms with Gasteiger partial charge in [0.15, 0.2) is 0 Å². The second-order valence-corrected chi connectivity index (χ2v) is 5.31. The number of nitrogens with one attached hydrogen (secondary N) is 1. The van der Waals surface area contributed by atoms with Gasteiger partial charge in [0.2, 0.25) is 5.82 Å². The monoisotopic (exact) mass is 276 g/mol. The Bertz CT molecular complexity index is 543. The predicted molar refractivity (Wildman–Crippen MR) is 63.9 cm³/mol. The van der Waals surface area contributed by atoms with Gasteiger partial charge in [-0.05, 0) is 5.92 Å². The maximum Gasteiger partial charge on any atom is 0.329 e. The maximum absolute atomic E-state index is 13.2. The van der Waals surface area contributed by atoms with Crippen molar-refractivity contribution in [3.05, 3.63) is 32.9 Å². The number of thioether (sulfide) groups is 1. The Hall–Kier alpha value is -1.12. The molecule has 8 heteroatoms. The highest BCUT2D eigenvalue weighted by atomic mass is 32.2. The SMILES string of the molecule is O=c1[nH]c(=O)n([C@@H]2SC[C@H](CO)[C@H]2CO)cc1F. The molecule has 1 aromatic rings. The van der Waals surface area contributed by atoms with Gasteiger partial charge in [0, 0.05) is 24.9 Å². The lowest BCUT2D eigenvalue weighted by molar-refractivity contribution is 0.126. The summed E-state index contributed by atoms with van der Waals surface area (Å²) in [5.41, 5.74) is -1.77. The van der Waals surface area contributed by atoms with Crippen LogP contribution < -0.4 is 11.2 Å². The molecule has 0 amide bonds. The number of halogens is 1. The van der Waals surface area contributed by atoms with E-state index in [1.165, 1.54) is 11.8 Å². The molecule has 0 spiro atoms. The minimum Gasteiger partial charge on any atom is -0.396 e. The first-order valence-corrected chi connectivity index (χ1v) is 6.47. The highest BCUT2D eigenvalue weighted by Gasteiger charge is 2.37. The molecule has 1 fully saturated rings. The molecule has 1 aliphatic rings. The number of hydrogen-bond donors (Lipinski definition) is 3. The van der Waals surface area contributed by atoms with Crippen molar-refractivity contribution in [1.29, 1.82) is 0 Å². The van der Waals surface area contributed by atoms with Gasteiger partial charge in [-0.1, -0.05) is 0 Å². The summed E-state index contributed by atoms with van der Waals surface area (Å²) in [7, 11) is 0. The highest BCUT2D eigenvalue weighted by molar-refractivity contribution is 7.99. The van der Waals surface area contributed by atoms with Crippen LogP contribution in [0.15, 0.2) is 15.8 Å². The molecule has 1 aliphatic heterocycles. The highest BCUT2D eigenvalue weighted by Crippen LogP contribution is 2.43. The number of aromatic nitrogens is 2. The molecule has 1 saturated heterocycles. The van der Waals surface area contributed by atoms with E-state index in [2.05, 4.69) is 0 Å². The van der Waals surface area contributed by atoms with Gasteiger partial charge in [-0.2, -0.15) is 4.39 Å². The van der Waals surface area contributed by atoms with E-state index in [0.717, 1.165) is 10.8 Å². The van der Waals surface area contributed by atoms with Crippen molar-refractivity contribution in [2.75, 3.05) is 19.0 Å². The largest absolute Gasteiger partial charge is 0.396 e. The Balaban J connectivity index is 2.40. The third-order valence-corrected chi connectivity index (χ3v) is 4.64. The van der Waals surface area contributed by atoms with Crippen LogP contribution in [-0.2, 0) is 0 Å². The zero-order chi connectivity index (χ0) is 13.3. The fraction of sp³-hybridized carbons (Fsp3) is 0.600. The molecule has 0 radical (unpaired) electrons. The summed E-state index contributed by atoms with van der Waals surface area (Å²) < 4.78 is 14.3. The molecule has 2 rings (SSSR count). The molecule has 0 bridgehead atoms. The summed E-state index contributed by atoms with van der Waals surface area (Å²) in [6.07, 6.45) is 0.848. The number of aliphatic hydroxyl groups is 2. The van der Waals surface area contributed by atoms with Gasteiger partial charge in [0.1, 0.15) is 0 Å². The van der Waals surface area contributed by atoms with Crippen molar-refractivity contribution in [2.45, 2.75) is 5.37 Å². The molecule has 1 aromatic heterocycles. The first-order chi connectivity index (χ1) is 8.58. The minimum absolute atomic E-state index is 0.102. The van der Waals surface area contributed by atoms with Crippen molar-refractivity contribution in [2.24, 2.45) is 11.8 Å². The summed E-state index contributed by atoms with van der Waals surface area (Å²) >= 11 is 1.34. The fourth-order valence-electron chi connectivity index (χ4n) is 2.07. The van der Waals surface area contributed by atoms with Gasteiger partial charge in [-0.25, -0.2) is 4.79 Å². The first kappa shape index (κ1) is 13.3. The Kier molecular flexibility index (Phi) is 3.88. The van der Waals surface area contributed by atoms with Crippen LogP contribution in [0.3, 0.4) is 0 Å². The Morgan fingerprint density at radius 2 is 2.17 bits per heavy atom. The molecule has 0 aromatic carbocycles. The Morgan fingerprint density at radius 3 is 2.78 bits per heavy atom. The molecule has 3 atom stereocenters. The first-order valence-electron chi connectivity index (χ1n) is 5.42. The zero-order valence-electron chi connectivity index (χ0n) is 9.38. The minimum atomic E-state index is -1.06. The normalized spacial score (nSPS) is 27.6. The molecule has 18 heavy (non-hydrogen) atoms. The van der Waals surface area contributed by atoms with E-state index < -0.39 is 22.4 Å². The van der Waals surface area contributed by atoms with Gasteiger partial charge < -0.3 is 10.2 Å². The summed E-state index contributed by atoms with van der Waals surface area (Å²) in [5.74, 6) is -0.964. The average Bonchev–Trinajstić information content (AvgIpc) is 2.76. The van der Waals surface area contributed by atoms with Crippen molar-refractivity contribution in [3.63, 3.8) is 0 Å². The molecule has 0 saturated carbocycles. The van der Waals surface area contributed by atoms with Crippen LogP contribution in [0.2, 0.25) is 0 Å². The smallest absolute Gasteiger partial charge is 0.329 e. The van der Waals surface area contributed by atoms with E-state index in [0.29, 0.717) is 5.75 Å². The van der Waals surface area contributed by atoms with Crippen LogP contribution in [0, 0.1) is 17.7 Å². The number of aromatic amines is 1. The Labute approximate surface area is 105 Å². The van der Waals surface area contributed by atoms with Crippen LogP contribution in [0.25, 0.3) is 0 Å². The fourth-order valence-corrected chi connectivity index (χ4v) is 3.74. The van der Waals surface area contributed by atoms with E-state index in [1.807, 2.05) is 4.98 Å². The molecule has 2 heterocycles. The summed E-state index contributed by atoms with van der Waals surface area (Å²) in [4.78, 5) is 24.4. The van der Waals surface area contributed by atoms with Crippen LogP contribution in [-0.4, -0.2) is 38.7 Å². The molecule has 100 valence electrons. The van der Waals surface area contributed by atoms with E-state index in [9.17, 15) is 19.1 Å². The molecule has 6 nitrogen and oxygen atoms in total. The lowest BCUT2D eigenvalue weighted by atomic mass is 9.95. The quantitative estimate of drug-likeness (QED) is 0.667. The van der Waals surface area contributed by atoms with Gasteiger partial charge in [-0.3, -0.25) is 14.3 Å². The van der Waals surface area contributed by atoms with Gasteiger partial charge in [0.05, 0.1) is 11.6 Å². The van der Waals surface area contributed by atoms with Crippen LogP contribution in [0.1, 0.15) is 5.37 Å². The second kappa shape index (κ2) is 5.25. The van der Waals surface area contributed by atoms with Crippen molar-refractivity contribution >= 4 is 11.8 Å². The van der Waals surface area contributed by atoms with Gasteiger partial charge in [0.25, 0.3) is 5.56 Å². The maximum atomic E-state index is 13.2. The van der Waals surface area contributed by atoms with Crippen molar-refractivity contribution in [1.82, 2.24) is 9.55 Å². The molecule has 3 N–H and O–H groups in total. The van der Waals surface area contributed by atoms with E-state index in [-0.39, 0.29) is 25.0 Å². The van der Waals surface area contributed by atoms with E-state index in [4.69, 9.17) is 5.11 Å². The number of H-pyrrole nitrogens is 1. The molecule has 0 aliphatic carbocycles. The van der Waals surface area contributed by atoms with E-state index >= 15 is 0 Å². The van der Waals surface area contributed by atoms with Gasteiger partial charge in [-0.15, -0.1) is 11.8 Å². The van der Waals surface area contributed by atoms with Gasteiger partial charge >= 0.3 is 5.69 Å². The standard InChI is InChI=1S/C10H13FN2O4S/c11-7-1-13(10(17)12-8(7)16)9-6(3-15)5(2-14)4-18-9/h1,5-6,9,14-15H,2-4H2,(H,12,16,17)/t5-,6+,9+/m0/s1. The number of aliphatic hydroxyl groups excluding tert-OH is 2. The zero-order valence-corrected chi connectivity index (χ0v) is 10.2. The third-order valence-electron chi connectivity index (χ3n) is 3.10. The number of hydrogen-bond acceptors (Lipinski definition) is 5. The second-order valence-electron chi connectivity index (χ2n) is 4.16. The van der Waals surface area contributed by atoms with Crippen LogP contribution >= 0.6 is 11.8 Å². The van der Waals surface area contributed by atoms with Crippen molar-refractivity contribution < 1.29 is 14.6 Å². The van der Waals surface area contributed by atoms with E-state index in [1.54, 1.807) is 0 Å². The molecule has 0 unspecified atom stereocenters. The summed E-state index contributed by atoms with van der Waals surface area (Å²) in [6, 6.07) is 0. The average molecular weight is 276 g/mol. The van der Waals surface area contributed by atoms with Crippen molar-refractivity contribution in [3.8, 4) is 0 Å². The third kappa shape index (κ3) is 2.23. The number of rotatable bonds is 3. The summed E-state index contributed by atoms with van der Waals surface area (Å²) in [5, 5.41) is 18.0. The summed E-state index contributed by atoms with van der Waals surface area (Å²) in [6.45, 7) is -0.314. The number of nitrogens with zero attached hydrogens (tertiary/aromatic N) is 1. The molecular weight excluding hydrogens is 263 g/mol. The molecular formula is C10H13FN2O4S. The van der Waals surface area contributed by atoms with Crippen LogP contribution in [0.4, 0.5) is 4.39 Å². The lowest BCUT2D eigenvalue weighted by Crippen LogP contribution is -2.36. The lowest BCUT2D eigenvalue weighted by Gasteiger charge is -2.21. The topological polar surface area (TPSA) is 95.3 Å². The predicted octanol–water partition coefficient (Wildman–Crippen LogP) is -0.862. The van der Waals surface area contributed by atoms with Crippen LogP contribution in [0.5, 0.6) is 0 Å². The Morgan fingerprint density at radius 1 is 1.44 bits per heavy atom.